The smallest absolute Gasteiger partial charge is 0.336 e. The van der Waals surface area contributed by atoms with Crippen LogP contribution in [0.15, 0.2) is 27.4 Å². The van der Waals surface area contributed by atoms with Crippen molar-refractivity contribution in [1.82, 2.24) is 0 Å². The van der Waals surface area contributed by atoms with Gasteiger partial charge in [0.1, 0.15) is 5.58 Å². The average molecular weight is 264 g/mol. The quantitative estimate of drug-likeness (QED) is 0.659. The first-order valence-electron chi connectivity index (χ1n) is 6.02. The summed E-state index contributed by atoms with van der Waals surface area (Å²) < 4.78 is 15.9. The Bertz CT molecular complexity index is 630. The highest BCUT2D eigenvalue weighted by molar-refractivity contribution is 5.83. The van der Waals surface area contributed by atoms with Crippen LogP contribution in [0.2, 0.25) is 0 Å². The molecule has 0 spiro atoms. The predicted molar refractivity (Wildman–Crippen MR) is 71.0 cm³/mol. The monoisotopic (exact) mass is 264 g/mol. The lowest BCUT2D eigenvalue weighted by Gasteiger charge is -2.11. The molecule has 0 aliphatic heterocycles. The van der Waals surface area contributed by atoms with E-state index in [1.165, 1.54) is 13.2 Å². The van der Waals surface area contributed by atoms with Crippen molar-refractivity contribution in [2.24, 2.45) is 0 Å². The number of aliphatic hydroxyl groups is 1. The second kappa shape index (κ2) is 5.75. The molecule has 0 atom stereocenters. The van der Waals surface area contributed by atoms with Gasteiger partial charge >= 0.3 is 5.63 Å². The number of ether oxygens (including phenoxy) is 2. The number of hydrogen-bond donors (Lipinski definition) is 1. The highest BCUT2D eigenvalue weighted by atomic mass is 16.5. The molecule has 0 amide bonds. The maximum atomic E-state index is 11.3. The first-order chi connectivity index (χ1) is 9.15. The molecule has 1 aromatic carbocycles. The molecule has 5 heteroatoms. The van der Waals surface area contributed by atoms with Gasteiger partial charge in [0.05, 0.1) is 13.7 Å². The number of hydrogen-bond acceptors (Lipinski definition) is 5. The lowest BCUT2D eigenvalue weighted by molar-refractivity contribution is 0.228. The minimum atomic E-state index is -0.388. The van der Waals surface area contributed by atoms with Crippen LogP contribution in [0.4, 0.5) is 0 Å². The number of methoxy groups -OCH3 is 1. The maximum absolute atomic E-state index is 11.3. The molecule has 1 N–H and O–H groups in total. The van der Waals surface area contributed by atoms with Crippen LogP contribution in [-0.2, 0) is 0 Å². The van der Waals surface area contributed by atoms with Crippen LogP contribution in [0.25, 0.3) is 11.0 Å². The van der Waals surface area contributed by atoms with Gasteiger partial charge in [-0.15, -0.1) is 0 Å². The number of aryl methyl sites for hydroxylation is 1. The molecular weight excluding hydrogens is 248 g/mol. The predicted octanol–water partition coefficient (Wildman–Crippen LogP) is 1.87. The van der Waals surface area contributed by atoms with Crippen LogP contribution < -0.4 is 15.1 Å². The summed E-state index contributed by atoms with van der Waals surface area (Å²) in [4.78, 5) is 11.3. The molecule has 1 aromatic heterocycles. The minimum Gasteiger partial charge on any atom is -0.493 e. The van der Waals surface area contributed by atoms with Gasteiger partial charge < -0.3 is 19.0 Å². The molecule has 19 heavy (non-hydrogen) atoms. The molecule has 0 aliphatic carbocycles. The Morgan fingerprint density at radius 2 is 2.05 bits per heavy atom. The Labute approximate surface area is 110 Å². The second-order valence-corrected chi connectivity index (χ2v) is 4.17. The van der Waals surface area contributed by atoms with Crippen LogP contribution in [0, 0.1) is 6.92 Å². The van der Waals surface area contributed by atoms with E-state index in [9.17, 15) is 4.79 Å². The molecule has 1 heterocycles. The van der Waals surface area contributed by atoms with Gasteiger partial charge in [0.15, 0.2) is 11.5 Å². The Morgan fingerprint density at radius 1 is 1.26 bits per heavy atom. The number of rotatable bonds is 5. The van der Waals surface area contributed by atoms with Crippen molar-refractivity contribution >= 4 is 11.0 Å². The molecule has 0 saturated carbocycles. The Kier molecular flexibility index (Phi) is 4.06. The summed E-state index contributed by atoms with van der Waals surface area (Å²) in [6.07, 6.45) is 0.546. The lowest BCUT2D eigenvalue weighted by Crippen LogP contribution is -2.03. The van der Waals surface area contributed by atoms with Gasteiger partial charge in [-0.25, -0.2) is 4.79 Å². The molecule has 0 saturated heterocycles. The zero-order valence-corrected chi connectivity index (χ0v) is 10.9. The van der Waals surface area contributed by atoms with E-state index in [0.29, 0.717) is 30.1 Å². The van der Waals surface area contributed by atoms with E-state index in [2.05, 4.69) is 0 Å². The highest BCUT2D eigenvalue weighted by Gasteiger charge is 2.10. The van der Waals surface area contributed by atoms with E-state index < -0.39 is 0 Å². The summed E-state index contributed by atoms with van der Waals surface area (Å²) in [6, 6.07) is 4.86. The van der Waals surface area contributed by atoms with E-state index in [-0.39, 0.29) is 12.2 Å². The molecule has 2 aromatic rings. The third-order valence-electron chi connectivity index (χ3n) is 2.80. The van der Waals surface area contributed by atoms with E-state index in [1.54, 1.807) is 12.1 Å². The highest BCUT2D eigenvalue weighted by Crippen LogP contribution is 2.33. The van der Waals surface area contributed by atoms with E-state index in [4.69, 9.17) is 19.0 Å². The summed E-state index contributed by atoms with van der Waals surface area (Å²) in [6.45, 7) is 2.31. The van der Waals surface area contributed by atoms with Crippen molar-refractivity contribution in [3.63, 3.8) is 0 Å². The molecule has 5 nitrogen and oxygen atoms in total. The molecular formula is C14H16O5. The first-order valence-corrected chi connectivity index (χ1v) is 6.02. The number of aliphatic hydroxyl groups excluding tert-OH is 1. The van der Waals surface area contributed by atoms with Gasteiger partial charge in [-0.3, -0.25) is 0 Å². The summed E-state index contributed by atoms with van der Waals surface area (Å²) in [7, 11) is 1.52. The number of fused-ring (bicyclic) bond motifs is 1. The van der Waals surface area contributed by atoms with Gasteiger partial charge in [0.2, 0.25) is 0 Å². The molecule has 0 fully saturated rings. The molecule has 0 unspecified atom stereocenters. The van der Waals surface area contributed by atoms with Gasteiger partial charge in [-0.2, -0.15) is 0 Å². The van der Waals surface area contributed by atoms with E-state index >= 15 is 0 Å². The number of benzene rings is 1. The van der Waals surface area contributed by atoms with Gasteiger partial charge in [0, 0.05) is 30.5 Å². The second-order valence-electron chi connectivity index (χ2n) is 4.17. The largest absolute Gasteiger partial charge is 0.493 e. The van der Waals surface area contributed by atoms with Gasteiger partial charge in [0.25, 0.3) is 0 Å². The zero-order valence-electron chi connectivity index (χ0n) is 10.9. The van der Waals surface area contributed by atoms with Crippen LogP contribution in [0.1, 0.15) is 12.0 Å². The van der Waals surface area contributed by atoms with Crippen molar-refractivity contribution in [2.75, 3.05) is 20.3 Å². The Morgan fingerprint density at radius 3 is 2.74 bits per heavy atom. The summed E-state index contributed by atoms with van der Waals surface area (Å²) >= 11 is 0. The van der Waals surface area contributed by atoms with Crippen molar-refractivity contribution in [3.05, 3.63) is 34.2 Å². The third kappa shape index (κ3) is 2.88. The molecule has 102 valence electrons. The SMILES string of the molecule is COc1cc2oc(=O)cc(C)c2cc1OCCCO. The minimum absolute atomic E-state index is 0.0732. The van der Waals surface area contributed by atoms with Crippen LogP contribution in [-0.4, -0.2) is 25.4 Å². The van der Waals surface area contributed by atoms with E-state index in [0.717, 1.165) is 10.9 Å². The van der Waals surface area contributed by atoms with Crippen molar-refractivity contribution in [2.45, 2.75) is 13.3 Å². The molecule has 0 radical (unpaired) electrons. The first kappa shape index (κ1) is 13.4. The topological polar surface area (TPSA) is 68.9 Å². The lowest BCUT2D eigenvalue weighted by atomic mass is 10.1. The fourth-order valence-corrected chi connectivity index (χ4v) is 1.85. The summed E-state index contributed by atoms with van der Waals surface area (Å²) in [5.74, 6) is 1.07. The van der Waals surface area contributed by atoms with Crippen molar-refractivity contribution in [1.29, 1.82) is 0 Å². The van der Waals surface area contributed by atoms with Gasteiger partial charge in [-0.05, 0) is 18.6 Å². The van der Waals surface area contributed by atoms with Crippen LogP contribution >= 0.6 is 0 Å². The van der Waals surface area contributed by atoms with Crippen LogP contribution in [0.3, 0.4) is 0 Å². The van der Waals surface area contributed by atoms with Crippen molar-refractivity contribution < 1.29 is 19.0 Å². The normalized spacial score (nSPS) is 10.7. The Hall–Kier alpha value is -2.01. The fraction of sp³-hybridized carbons (Fsp3) is 0.357. The molecule has 0 bridgehead atoms. The van der Waals surface area contributed by atoms with E-state index in [1.807, 2.05) is 6.92 Å². The third-order valence-corrected chi connectivity index (χ3v) is 2.80. The standard InChI is InChI=1S/C14H16O5/c1-9-6-14(16)19-11-8-12(17-2)13(7-10(9)11)18-5-3-4-15/h6-8,15H,3-5H2,1-2H3. The van der Waals surface area contributed by atoms with Crippen molar-refractivity contribution in [3.8, 4) is 11.5 Å². The fourth-order valence-electron chi connectivity index (χ4n) is 1.85. The van der Waals surface area contributed by atoms with Gasteiger partial charge in [-0.1, -0.05) is 0 Å². The average Bonchev–Trinajstić information content (AvgIpc) is 2.38. The molecule has 0 aliphatic rings. The zero-order chi connectivity index (χ0) is 13.8. The Balaban J connectivity index is 2.48. The molecule has 2 rings (SSSR count). The summed E-state index contributed by atoms with van der Waals surface area (Å²) in [5, 5.41) is 9.56. The van der Waals surface area contributed by atoms with Crippen LogP contribution in [0.5, 0.6) is 11.5 Å². The maximum Gasteiger partial charge on any atom is 0.336 e. The summed E-state index contributed by atoms with van der Waals surface area (Å²) in [5.41, 5.74) is 0.901.